The smallest absolute Gasteiger partial charge is 0.328 e. The minimum Gasteiger partial charge on any atom is -0.481 e. The molecule has 0 saturated carbocycles. The summed E-state index contributed by atoms with van der Waals surface area (Å²) in [7, 11) is 0. The summed E-state index contributed by atoms with van der Waals surface area (Å²) in [6, 6.07) is 7.65. The van der Waals surface area contributed by atoms with Crippen LogP contribution < -0.4 is 10.3 Å². The fourth-order valence-electron chi connectivity index (χ4n) is 3.80. The molecule has 0 spiro atoms. The molecule has 1 aliphatic heterocycles. The number of hydrogen-bond donors (Lipinski definition) is 2. The topological polar surface area (TPSA) is 109 Å². The standard InChI is InChI=1S/C23H20ClFN2O6/c1-12(22(29)27-6-7-32-11-20(27)23(30)31)33-14-3-5-15-17(9-14)21(28)26-10-18(15)16-4-2-13(25)8-19(16)24/h2-5,8-10,12,20H,6-7,11H2,1H3,(H,26,28)(H,30,31)/t12-,20+/m1/s1. The second-order valence-electron chi connectivity index (χ2n) is 7.58. The number of fused-ring (bicyclic) bond motifs is 1. The Balaban J connectivity index is 1.63. The Bertz CT molecular complexity index is 1290. The third-order valence-electron chi connectivity index (χ3n) is 5.45. The number of benzene rings is 2. The van der Waals surface area contributed by atoms with E-state index in [1.54, 1.807) is 12.1 Å². The summed E-state index contributed by atoms with van der Waals surface area (Å²) in [5.74, 6) is -1.86. The number of morpholine rings is 1. The van der Waals surface area contributed by atoms with Gasteiger partial charge in [0.15, 0.2) is 12.1 Å². The lowest BCUT2D eigenvalue weighted by Crippen LogP contribution is -2.55. The van der Waals surface area contributed by atoms with Crippen LogP contribution in [0.5, 0.6) is 5.75 Å². The number of amides is 1. The molecule has 1 saturated heterocycles. The number of carbonyl (C=O) groups is 2. The zero-order chi connectivity index (χ0) is 23.7. The monoisotopic (exact) mass is 474 g/mol. The van der Waals surface area contributed by atoms with Crippen molar-refractivity contribution in [1.82, 2.24) is 9.88 Å². The maximum atomic E-state index is 13.5. The van der Waals surface area contributed by atoms with Gasteiger partial charge in [0.2, 0.25) is 0 Å². The van der Waals surface area contributed by atoms with Crippen LogP contribution in [-0.2, 0) is 14.3 Å². The fourth-order valence-corrected chi connectivity index (χ4v) is 4.07. The first-order valence-electron chi connectivity index (χ1n) is 10.1. The van der Waals surface area contributed by atoms with Crippen LogP contribution in [0.3, 0.4) is 0 Å². The van der Waals surface area contributed by atoms with E-state index in [0.717, 1.165) is 0 Å². The Hall–Kier alpha value is -3.43. The molecule has 1 amide bonds. The van der Waals surface area contributed by atoms with Crippen LogP contribution in [0.2, 0.25) is 5.02 Å². The van der Waals surface area contributed by atoms with E-state index in [1.807, 2.05) is 0 Å². The van der Waals surface area contributed by atoms with Crippen molar-refractivity contribution in [2.24, 2.45) is 0 Å². The van der Waals surface area contributed by atoms with E-state index in [-0.39, 0.29) is 36.1 Å². The molecule has 0 radical (unpaired) electrons. The highest BCUT2D eigenvalue weighted by Crippen LogP contribution is 2.33. The lowest BCUT2D eigenvalue weighted by molar-refractivity contribution is -0.161. The molecule has 4 rings (SSSR count). The average Bonchev–Trinajstić information content (AvgIpc) is 2.79. The lowest BCUT2D eigenvalue weighted by atomic mass is 10.0. The molecule has 0 bridgehead atoms. The number of carboxylic acid groups (broad SMARTS) is 1. The molecule has 1 aromatic heterocycles. The van der Waals surface area contributed by atoms with Gasteiger partial charge in [0.05, 0.1) is 23.6 Å². The molecule has 2 heterocycles. The molecular formula is C23H20ClFN2O6. The summed E-state index contributed by atoms with van der Waals surface area (Å²) in [5.41, 5.74) is 0.766. The third kappa shape index (κ3) is 4.55. The van der Waals surface area contributed by atoms with E-state index in [0.29, 0.717) is 21.9 Å². The van der Waals surface area contributed by atoms with Crippen molar-refractivity contribution in [3.8, 4) is 16.9 Å². The molecular weight excluding hydrogens is 455 g/mol. The number of rotatable bonds is 5. The van der Waals surface area contributed by atoms with E-state index in [4.69, 9.17) is 21.1 Å². The number of hydrogen-bond acceptors (Lipinski definition) is 5. The SMILES string of the molecule is C[C@@H](Oc1ccc2c(-c3ccc(F)cc3Cl)c[nH]c(=O)c2c1)C(=O)N1CCOC[C@H]1C(=O)O. The van der Waals surface area contributed by atoms with Crippen molar-refractivity contribution in [3.63, 3.8) is 0 Å². The van der Waals surface area contributed by atoms with Gasteiger partial charge in [-0.1, -0.05) is 11.6 Å². The van der Waals surface area contributed by atoms with E-state index >= 15 is 0 Å². The van der Waals surface area contributed by atoms with Gasteiger partial charge in [0.25, 0.3) is 11.5 Å². The highest BCUT2D eigenvalue weighted by Gasteiger charge is 2.35. The van der Waals surface area contributed by atoms with Gasteiger partial charge >= 0.3 is 5.97 Å². The lowest BCUT2D eigenvalue weighted by Gasteiger charge is -2.34. The molecule has 10 heteroatoms. The van der Waals surface area contributed by atoms with Gasteiger partial charge in [-0.25, -0.2) is 9.18 Å². The molecule has 1 aliphatic rings. The van der Waals surface area contributed by atoms with Crippen LogP contribution in [0.4, 0.5) is 4.39 Å². The molecule has 2 atom stereocenters. The van der Waals surface area contributed by atoms with Gasteiger partial charge in [0.1, 0.15) is 11.6 Å². The highest BCUT2D eigenvalue weighted by molar-refractivity contribution is 6.33. The molecule has 8 nitrogen and oxygen atoms in total. The minimum absolute atomic E-state index is 0.0894. The second-order valence-corrected chi connectivity index (χ2v) is 7.99. The molecule has 3 aromatic rings. The molecule has 33 heavy (non-hydrogen) atoms. The van der Waals surface area contributed by atoms with Crippen LogP contribution in [-0.4, -0.2) is 58.8 Å². The maximum absolute atomic E-state index is 13.5. The number of nitrogens with zero attached hydrogens (tertiary/aromatic N) is 1. The van der Waals surface area contributed by atoms with Crippen LogP contribution in [0.15, 0.2) is 47.4 Å². The van der Waals surface area contributed by atoms with Gasteiger partial charge in [-0.2, -0.15) is 0 Å². The Morgan fingerprint density at radius 1 is 1.24 bits per heavy atom. The van der Waals surface area contributed by atoms with Gasteiger partial charge in [-0.05, 0) is 48.7 Å². The van der Waals surface area contributed by atoms with E-state index < -0.39 is 29.8 Å². The number of aromatic amines is 1. The van der Waals surface area contributed by atoms with E-state index in [2.05, 4.69) is 4.98 Å². The maximum Gasteiger partial charge on any atom is 0.328 e. The molecule has 172 valence electrons. The van der Waals surface area contributed by atoms with E-state index in [9.17, 15) is 23.9 Å². The Morgan fingerprint density at radius 3 is 2.76 bits per heavy atom. The summed E-state index contributed by atoms with van der Waals surface area (Å²) in [6.45, 7) is 1.80. The van der Waals surface area contributed by atoms with Crippen LogP contribution in [0, 0.1) is 5.82 Å². The largest absolute Gasteiger partial charge is 0.481 e. The van der Waals surface area contributed by atoms with Crippen LogP contribution >= 0.6 is 11.6 Å². The first kappa shape index (κ1) is 22.8. The van der Waals surface area contributed by atoms with Crippen molar-refractivity contribution < 1.29 is 28.6 Å². The summed E-state index contributed by atoms with van der Waals surface area (Å²) in [5, 5.41) is 10.4. The summed E-state index contributed by atoms with van der Waals surface area (Å²) < 4.78 is 24.4. The third-order valence-corrected chi connectivity index (χ3v) is 5.76. The number of halogens is 2. The minimum atomic E-state index is -1.15. The second kappa shape index (κ2) is 9.21. The van der Waals surface area contributed by atoms with Gasteiger partial charge in [-0.3, -0.25) is 9.59 Å². The van der Waals surface area contributed by atoms with Crippen molar-refractivity contribution in [2.45, 2.75) is 19.1 Å². The number of pyridine rings is 1. The molecule has 0 unspecified atom stereocenters. The van der Waals surface area contributed by atoms with Crippen LogP contribution in [0.25, 0.3) is 21.9 Å². The number of ether oxygens (including phenoxy) is 2. The van der Waals surface area contributed by atoms with Crippen molar-refractivity contribution in [3.05, 3.63) is 63.8 Å². The fraction of sp³-hybridized carbons (Fsp3) is 0.261. The Morgan fingerprint density at radius 2 is 2.03 bits per heavy atom. The molecule has 1 fully saturated rings. The number of H-pyrrole nitrogens is 1. The zero-order valence-electron chi connectivity index (χ0n) is 17.5. The van der Waals surface area contributed by atoms with Gasteiger partial charge < -0.3 is 24.5 Å². The van der Waals surface area contributed by atoms with Crippen molar-refractivity contribution in [2.75, 3.05) is 19.8 Å². The predicted octanol–water partition coefficient (Wildman–Crippen LogP) is 3.07. The number of nitrogens with one attached hydrogen (secondary N) is 1. The summed E-state index contributed by atoms with van der Waals surface area (Å²) >= 11 is 6.20. The molecule has 2 N–H and O–H groups in total. The molecule has 0 aliphatic carbocycles. The summed E-state index contributed by atoms with van der Waals surface area (Å²) in [6.07, 6.45) is 0.511. The molecule has 2 aromatic carbocycles. The van der Waals surface area contributed by atoms with Crippen molar-refractivity contribution in [1.29, 1.82) is 0 Å². The number of aliphatic carboxylic acids is 1. The van der Waals surface area contributed by atoms with Crippen LogP contribution in [0.1, 0.15) is 6.92 Å². The number of aromatic nitrogens is 1. The van der Waals surface area contributed by atoms with Crippen molar-refractivity contribution >= 4 is 34.2 Å². The summed E-state index contributed by atoms with van der Waals surface area (Å²) in [4.78, 5) is 40.6. The first-order valence-corrected chi connectivity index (χ1v) is 10.5. The Labute approximate surface area is 192 Å². The van der Waals surface area contributed by atoms with Gasteiger partial charge in [-0.15, -0.1) is 0 Å². The first-order chi connectivity index (χ1) is 15.8. The highest BCUT2D eigenvalue weighted by atomic mass is 35.5. The Kier molecular flexibility index (Phi) is 6.35. The quantitative estimate of drug-likeness (QED) is 0.588. The number of carbonyl (C=O) groups excluding carboxylic acids is 1. The normalized spacial score (nSPS) is 17.1. The number of carboxylic acids is 1. The zero-order valence-corrected chi connectivity index (χ0v) is 18.3. The van der Waals surface area contributed by atoms with E-state index in [1.165, 1.54) is 42.3 Å². The van der Waals surface area contributed by atoms with Gasteiger partial charge in [0, 0.05) is 23.9 Å². The predicted molar refractivity (Wildman–Crippen MR) is 119 cm³/mol. The average molecular weight is 475 g/mol.